The summed E-state index contributed by atoms with van der Waals surface area (Å²) in [6.07, 6.45) is 5.43. The maximum absolute atomic E-state index is 3.75. The van der Waals surface area contributed by atoms with E-state index in [1.165, 1.54) is 47.0 Å². The van der Waals surface area contributed by atoms with Gasteiger partial charge in [0.2, 0.25) is 0 Å². The van der Waals surface area contributed by atoms with Gasteiger partial charge in [0.1, 0.15) is 0 Å². The summed E-state index contributed by atoms with van der Waals surface area (Å²) >= 11 is 3.68. The van der Waals surface area contributed by atoms with Gasteiger partial charge in [0.25, 0.3) is 0 Å². The van der Waals surface area contributed by atoms with Gasteiger partial charge in [0.05, 0.1) is 5.69 Å². The van der Waals surface area contributed by atoms with Crippen LogP contribution in [-0.4, -0.2) is 6.04 Å². The second-order valence-corrected chi connectivity index (χ2v) is 6.31. The van der Waals surface area contributed by atoms with Crippen LogP contribution in [0.3, 0.4) is 0 Å². The normalized spacial score (nSPS) is 24.7. The van der Waals surface area contributed by atoms with Crippen molar-refractivity contribution in [3.05, 3.63) is 27.7 Å². The van der Waals surface area contributed by atoms with E-state index in [4.69, 9.17) is 0 Å². The summed E-state index contributed by atoms with van der Waals surface area (Å²) in [5, 5.41) is 3.75. The Balaban J connectivity index is 2.17. The highest BCUT2D eigenvalue weighted by Gasteiger charge is 2.22. The lowest BCUT2D eigenvalue weighted by Gasteiger charge is -2.31. The molecule has 0 aromatic heterocycles. The van der Waals surface area contributed by atoms with E-state index in [2.05, 4.69) is 54.2 Å². The van der Waals surface area contributed by atoms with Crippen molar-refractivity contribution >= 4 is 21.6 Å². The molecule has 1 aliphatic carbocycles. The van der Waals surface area contributed by atoms with E-state index in [1.54, 1.807) is 0 Å². The van der Waals surface area contributed by atoms with Crippen molar-refractivity contribution in [2.75, 3.05) is 5.32 Å². The van der Waals surface area contributed by atoms with Crippen molar-refractivity contribution in [2.24, 2.45) is 5.92 Å². The molecule has 1 aromatic rings. The fraction of sp³-hybridized carbons (Fsp3) is 0.600. The summed E-state index contributed by atoms with van der Waals surface area (Å²) in [4.78, 5) is 0. The van der Waals surface area contributed by atoms with E-state index in [9.17, 15) is 0 Å². The molecular weight excluding hydrogens is 274 g/mol. The smallest absolute Gasteiger partial charge is 0.0516 e. The van der Waals surface area contributed by atoms with Gasteiger partial charge in [-0.25, -0.2) is 0 Å². The highest BCUT2D eigenvalue weighted by molar-refractivity contribution is 9.10. The Morgan fingerprint density at radius 3 is 2.53 bits per heavy atom. The maximum Gasteiger partial charge on any atom is 0.0516 e. The molecule has 0 saturated heterocycles. The average molecular weight is 296 g/mol. The molecule has 1 nitrogen and oxygen atoms in total. The van der Waals surface area contributed by atoms with Gasteiger partial charge >= 0.3 is 0 Å². The fourth-order valence-electron chi connectivity index (χ4n) is 2.81. The second-order valence-electron chi connectivity index (χ2n) is 5.45. The summed E-state index contributed by atoms with van der Waals surface area (Å²) in [6, 6.07) is 5.09. The van der Waals surface area contributed by atoms with Gasteiger partial charge in [0.15, 0.2) is 0 Å². The van der Waals surface area contributed by atoms with Crippen LogP contribution in [0.4, 0.5) is 5.69 Å². The topological polar surface area (TPSA) is 12.0 Å². The van der Waals surface area contributed by atoms with Crippen LogP contribution in [0.15, 0.2) is 16.6 Å². The molecule has 0 aliphatic heterocycles. The molecule has 2 atom stereocenters. The summed E-state index contributed by atoms with van der Waals surface area (Å²) in [6.45, 7) is 6.70. The van der Waals surface area contributed by atoms with E-state index >= 15 is 0 Å². The molecule has 1 fully saturated rings. The predicted octanol–water partition coefficient (Wildman–Crippen LogP) is 5.06. The number of aryl methyl sites for hydroxylation is 2. The molecular formula is C15H22BrN. The zero-order valence-corrected chi connectivity index (χ0v) is 12.6. The Morgan fingerprint density at radius 1 is 1.18 bits per heavy atom. The van der Waals surface area contributed by atoms with Crippen molar-refractivity contribution in [1.29, 1.82) is 0 Å². The minimum absolute atomic E-state index is 0.640. The van der Waals surface area contributed by atoms with Gasteiger partial charge in [-0.3, -0.25) is 0 Å². The molecule has 2 heteroatoms. The van der Waals surface area contributed by atoms with Crippen LogP contribution in [0.1, 0.15) is 43.7 Å². The number of hydrogen-bond acceptors (Lipinski definition) is 1. The summed E-state index contributed by atoms with van der Waals surface area (Å²) in [7, 11) is 0. The van der Waals surface area contributed by atoms with Gasteiger partial charge < -0.3 is 5.32 Å². The van der Waals surface area contributed by atoms with E-state index in [0.717, 1.165) is 5.92 Å². The van der Waals surface area contributed by atoms with Crippen molar-refractivity contribution in [3.63, 3.8) is 0 Å². The zero-order valence-electron chi connectivity index (χ0n) is 11.0. The lowest BCUT2D eigenvalue weighted by Crippen LogP contribution is -2.30. The van der Waals surface area contributed by atoms with Crippen LogP contribution in [0.5, 0.6) is 0 Å². The monoisotopic (exact) mass is 295 g/mol. The first-order chi connectivity index (χ1) is 8.08. The molecule has 1 saturated carbocycles. The third-order valence-electron chi connectivity index (χ3n) is 3.87. The SMILES string of the molecule is Cc1cc(C)c(NC2CCCCC2C)c(Br)c1. The molecule has 0 spiro atoms. The van der Waals surface area contributed by atoms with E-state index in [1.807, 2.05) is 0 Å². The van der Waals surface area contributed by atoms with Gasteiger partial charge in [-0.05, 0) is 65.7 Å². The number of halogens is 1. The Morgan fingerprint density at radius 2 is 1.88 bits per heavy atom. The van der Waals surface area contributed by atoms with E-state index in [0.29, 0.717) is 6.04 Å². The number of hydrogen-bond donors (Lipinski definition) is 1. The highest BCUT2D eigenvalue weighted by atomic mass is 79.9. The van der Waals surface area contributed by atoms with E-state index in [-0.39, 0.29) is 0 Å². The van der Waals surface area contributed by atoms with Crippen LogP contribution < -0.4 is 5.32 Å². The van der Waals surface area contributed by atoms with Gasteiger partial charge in [0, 0.05) is 10.5 Å². The van der Waals surface area contributed by atoms with Crippen LogP contribution in [-0.2, 0) is 0 Å². The van der Waals surface area contributed by atoms with Crippen LogP contribution >= 0.6 is 15.9 Å². The van der Waals surface area contributed by atoms with Crippen molar-refractivity contribution < 1.29 is 0 Å². The third-order valence-corrected chi connectivity index (χ3v) is 4.50. The molecule has 0 heterocycles. The maximum atomic E-state index is 3.75. The lowest BCUT2D eigenvalue weighted by molar-refractivity contribution is 0.349. The predicted molar refractivity (Wildman–Crippen MR) is 78.7 cm³/mol. The van der Waals surface area contributed by atoms with Crippen molar-refractivity contribution in [1.82, 2.24) is 0 Å². The Bertz CT molecular complexity index is 377. The number of anilines is 1. The molecule has 0 amide bonds. The summed E-state index contributed by atoms with van der Waals surface area (Å²) < 4.78 is 1.20. The molecule has 2 unspecified atom stereocenters. The molecule has 94 valence electrons. The number of rotatable bonds is 2. The summed E-state index contributed by atoms with van der Waals surface area (Å²) in [5.74, 6) is 0.788. The van der Waals surface area contributed by atoms with E-state index < -0.39 is 0 Å². The van der Waals surface area contributed by atoms with Crippen molar-refractivity contribution in [3.8, 4) is 0 Å². The average Bonchev–Trinajstić information content (AvgIpc) is 2.25. The van der Waals surface area contributed by atoms with Crippen molar-refractivity contribution in [2.45, 2.75) is 52.5 Å². The summed E-state index contributed by atoms with van der Waals surface area (Å²) in [5.41, 5.74) is 3.95. The first-order valence-corrected chi connectivity index (χ1v) is 7.40. The molecule has 0 bridgehead atoms. The van der Waals surface area contributed by atoms with Crippen LogP contribution in [0.25, 0.3) is 0 Å². The first kappa shape index (κ1) is 12.9. The third kappa shape index (κ3) is 3.04. The molecule has 0 radical (unpaired) electrons. The second kappa shape index (κ2) is 5.43. The van der Waals surface area contributed by atoms with Gasteiger partial charge in [-0.1, -0.05) is 25.8 Å². The molecule has 1 aliphatic rings. The molecule has 1 aromatic carbocycles. The number of benzene rings is 1. The first-order valence-electron chi connectivity index (χ1n) is 6.61. The standard InChI is InChI=1S/C15H22BrN/c1-10-8-12(3)15(13(16)9-10)17-14-7-5-4-6-11(14)2/h8-9,11,14,17H,4-7H2,1-3H3. The molecule has 17 heavy (non-hydrogen) atoms. The van der Waals surface area contributed by atoms with Gasteiger partial charge in [-0.2, -0.15) is 0 Å². The minimum atomic E-state index is 0.640. The van der Waals surface area contributed by atoms with Crippen LogP contribution in [0.2, 0.25) is 0 Å². The van der Waals surface area contributed by atoms with Crippen LogP contribution in [0, 0.1) is 19.8 Å². The Labute approximate surface area is 113 Å². The molecule has 1 N–H and O–H groups in total. The zero-order chi connectivity index (χ0) is 12.4. The fourth-order valence-corrected chi connectivity index (χ4v) is 3.60. The molecule has 2 rings (SSSR count). The lowest BCUT2D eigenvalue weighted by atomic mass is 9.85. The van der Waals surface area contributed by atoms with Gasteiger partial charge in [-0.15, -0.1) is 0 Å². The largest absolute Gasteiger partial charge is 0.381 e. The quantitative estimate of drug-likeness (QED) is 0.804. The Kier molecular flexibility index (Phi) is 4.13. The highest BCUT2D eigenvalue weighted by Crippen LogP contribution is 2.32. The number of nitrogens with one attached hydrogen (secondary N) is 1. The Hall–Kier alpha value is -0.500. The minimum Gasteiger partial charge on any atom is -0.381 e.